The molecule has 0 aromatic carbocycles. The maximum atomic E-state index is 12.1. The highest BCUT2D eigenvalue weighted by Crippen LogP contribution is 2.13. The van der Waals surface area contributed by atoms with Crippen LogP contribution < -0.4 is 4.72 Å². The number of rotatable bonds is 5. The van der Waals surface area contributed by atoms with Gasteiger partial charge in [-0.25, -0.2) is 28.1 Å². The molecule has 0 atom stereocenters. The van der Waals surface area contributed by atoms with Crippen molar-refractivity contribution in [3.05, 3.63) is 29.1 Å². The van der Waals surface area contributed by atoms with Gasteiger partial charge in [0.25, 0.3) is 16.0 Å². The van der Waals surface area contributed by atoms with Crippen LogP contribution in [0.15, 0.2) is 17.3 Å². The number of aryl methyl sites for hydroxylation is 2. The highest BCUT2D eigenvalue weighted by molar-refractivity contribution is 7.92. The molecule has 112 valence electrons. The van der Waals surface area contributed by atoms with Gasteiger partial charge in [-0.2, -0.15) is 0 Å². The molecule has 0 unspecified atom stereocenters. The van der Waals surface area contributed by atoms with Gasteiger partial charge in [-0.15, -0.1) is 10.2 Å². The van der Waals surface area contributed by atoms with Gasteiger partial charge in [0.15, 0.2) is 0 Å². The lowest BCUT2D eigenvalue weighted by atomic mass is 10.2. The molecule has 0 fully saturated rings. The molecule has 2 heterocycles. The zero-order chi connectivity index (χ0) is 15.5. The van der Waals surface area contributed by atoms with Gasteiger partial charge in [0.1, 0.15) is 4.90 Å². The second-order valence-electron chi connectivity index (χ2n) is 4.03. The Balaban J connectivity index is 2.30. The van der Waals surface area contributed by atoms with E-state index in [-0.39, 0.29) is 16.1 Å². The van der Waals surface area contributed by atoms with Gasteiger partial charge in [-0.05, 0) is 24.4 Å². The molecule has 0 amide bonds. The topological polar surface area (TPSA) is 111 Å². The average molecular weight is 329 g/mol. The van der Waals surface area contributed by atoms with Crippen molar-refractivity contribution in [2.24, 2.45) is 0 Å². The lowest BCUT2D eigenvalue weighted by Crippen LogP contribution is -2.17. The Labute approximate surface area is 127 Å². The zero-order valence-electron chi connectivity index (χ0n) is 11.4. The van der Waals surface area contributed by atoms with Crippen molar-refractivity contribution in [2.75, 3.05) is 4.72 Å². The van der Waals surface area contributed by atoms with E-state index < -0.39 is 10.0 Å². The van der Waals surface area contributed by atoms with Gasteiger partial charge in [0, 0.05) is 0 Å². The molecule has 1 N–H and O–H groups in total. The van der Waals surface area contributed by atoms with E-state index in [9.17, 15) is 8.42 Å². The number of anilines is 1. The first-order valence-electron chi connectivity index (χ1n) is 6.19. The van der Waals surface area contributed by atoms with Crippen molar-refractivity contribution in [3.8, 4) is 0 Å². The molecule has 0 spiro atoms. The third kappa shape index (κ3) is 3.61. The summed E-state index contributed by atoms with van der Waals surface area (Å²) in [6, 6.07) is 0. The van der Waals surface area contributed by atoms with Crippen molar-refractivity contribution in [3.63, 3.8) is 0 Å². The predicted molar refractivity (Wildman–Crippen MR) is 76.4 cm³/mol. The maximum Gasteiger partial charge on any atom is 0.267 e. The standard InChI is InChI=1S/C11H13ClN6O2S/c1-3-8-9(4-2)16-17-11(15-8)18-21(19,20)7-5-13-10(12)14-6-7/h5-6H,3-4H2,1-2H3,(H,15,17,18). The summed E-state index contributed by atoms with van der Waals surface area (Å²) in [5, 5.41) is 7.70. The second-order valence-corrected chi connectivity index (χ2v) is 6.05. The summed E-state index contributed by atoms with van der Waals surface area (Å²) in [5.41, 5.74) is 1.45. The number of aromatic nitrogens is 5. The minimum Gasteiger partial charge on any atom is -0.246 e. The first-order valence-corrected chi connectivity index (χ1v) is 8.05. The van der Waals surface area contributed by atoms with Gasteiger partial charge >= 0.3 is 0 Å². The summed E-state index contributed by atoms with van der Waals surface area (Å²) in [4.78, 5) is 11.3. The van der Waals surface area contributed by atoms with Crippen LogP contribution in [0.2, 0.25) is 5.28 Å². The van der Waals surface area contributed by atoms with E-state index in [0.717, 1.165) is 18.1 Å². The zero-order valence-corrected chi connectivity index (χ0v) is 13.0. The Morgan fingerprint density at radius 2 is 1.71 bits per heavy atom. The van der Waals surface area contributed by atoms with Crippen LogP contribution in [0.5, 0.6) is 0 Å². The molecule has 10 heteroatoms. The number of sulfonamides is 1. The van der Waals surface area contributed by atoms with Crippen LogP contribution in [-0.2, 0) is 22.9 Å². The molecule has 2 aromatic heterocycles. The average Bonchev–Trinajstić information content (AvgIpc) is 2.47. The Morgan fingerprint density at radius 3 is 2.29 bits per heavy atom. The second kappa shape index (κ2) is 6.27. The molecule has 0 aliphatic rings. The number of nitrogens with one attached hydrogen (secondary N) is 1. The van der Waals surface area contributed by atoms with Crippen LogP contribution in [-0.4, -0.2) is 33.6 Å². The van der Waals surface area contributed by atoms with Crippen molar-refractivity contribution < 1.29 is 8.42 Å². The van der Waals surface area contributed by atoms with Crippen LogP contribution in [0.3, 0.4) is 0 Å². The normalized spacial score (nSPS) is 11.4. The highest BCUT2D eigenvalue weighted by atomic mass is 35.5. The molecule has 2 aromatic rings. The SMILES string of the molecule is CCc1nnc(NS(=O)(=O)c2cnc(Cl)nc2)nc1CC. The van der Waals surface area contributed by atoms with E-state index in [0.29, 0.717) is 18.5 Å². The molecular formula is C11H13ClN6O2S. The van der Waals surface area contributed by atoms with Gasteiger partial charge in [0.05, 0.1) is 23.8 Å². The number of hydrogen-bond donors (Lipinski definition) is 1. The minimum absolute atomic E-state index is 0.0348. The lowest BCUT2D eigenvalue weighted by molar-refractivity contribution is 0.599. The predicted octanol–water partition coefficient (Wildman–Crippen LogP) is 1.24. The maximum absolute atomic E-state index is 12.1. The molecule has 2 rings (SSSR count). The van der Waals surface area contributed by atoms with Crippen LogP contribution in [0.1, 0.15) is 25.2 Å². The van der Waals surface area contributed by atoms with Crippen LogP contribution in [0.25, 0.3) is 0 Å². The number of halogens is 1. The summed E-state index contributed by atoms with van der Waals surface area (Å²) in [6.07, 6.45) is 3.52. The third-order valence-electron chi connectivity index (χ3n) is 2.64. The summed E-state index contributed by atoms with van der Waals surface area (Å²) in [7, 11) is -3.87. The minimum atomic E-state index is -3.87. The molecule has 0 bridgehead atoms. The van der Waals surface area contributed by atoms with Crippen molar-refractivity contribution in [1.82, 2.24) is 25.1 Å². The monoisotopic (exact) mass is 328 g/mol. The molecular weight excluding hydrogens is 316 g/mol. The Morgan fingerprint density at radius 1 is 1.10 bits per heavy atom. The van der Waals surface area contributed by atoms with E-state index in [4.69, 9.17) is 11.6 Å². The Bertz CT molecular complexity index is 735. The van der Waals surface area contributed by atoms with Crippen molar-refractivity contribution >= 4 is 27.6 Å². The molecule has 0 saturated heterocycles. The van der Waals surface area contributed by atoms with E-state index in [2.05, 4.69) is 29.9 Å². The van der Waals surface area contributed by atoms with Gasteiger partial charge in [-0.1, -0.05) is 13.8 Å². The first-order chi connectivity index (χ1) is 9.96. The third-order valence-corrected chi connectivity index (χ3v) is 4.12. The highest BCUT2D eigenvalue weighted by Gasteiger charge is 2.18. The van der Waals surface area contributed by atoms with E-state index in [1.165, 1.54) is 0 Å². The van der Waals surface area contributed by atoms with Crippen LogP contribution in [0.4, 0.5) is 5.95 Å². The van der Waals surface area contributed by atoms with Crippen molar-refractivity contribution in [2.45, 2.75) is 31.6 Å². The largest absolute Gasteiger partial charge is 0.267 e. The van der Waals surface area contributed by atoms with E-state index in [1.807, 2.05) is 13.8 Å². The van der Waals surface area contributed by atoms with E-state index in [1.54, 1.807) is 0 Å². The molecule has 8 nitrogen and oxygen atoms in total. The Hall–Kier alpha value is -1.87. The summed E-state index contributed by atoms with van der Waals surface area (Å²) in [6.45, 7) is 3.84. The lowest BCUT2D eigenvalue weighted by Gasteiger charge is -2.08. The number of nitrogens with zero attached hydrogens (tertiary/aromatic N) is 5. The molecule has 0 saturated carbocycles. The van der Waals surface area contributed by atoms with E-state index >= 15 is 0 Å². The molecule has 0 radical (unpaired) electrons. The van der Waals surface area contributed by atoms with Gasteiger partial charge < -0.3 is 0 Å². The molecule has 21 heavy (non-hydrogen) atoms. The summed E-state index contributed by atoms with van der Waals surface area (Å²) >= 11 is 5.52. The van der Waals surface area contributed by atoms with Crippen LogP contribution >= 0.6 is 11.6 Å². The van der Waals surface area contributed by atoms with Crippen molar-refractivity contribution in [1.29, 1.82) is 0 Å². The van der Waals surface area contributed by atoms with Gasteiger partial charge in [-0.3, -0.25) is 0 Å². The Kier molecular flexibility index (Phi) is 4.63. The van der Waals surface area contributed by atoms with Crippen LogP contribution in [0, 0.1) is 0 Å². The first kappa shape index (κ1) is 15.5. The molecule has 0 aliphatic heterocycles. The fraction of sp³-hybridized carbons (Fsp3) is 0.364. The fourth-order valence-electron chi connectivity index (χ4n) is 1.60. The number of hydrogen-bond acceptors (Lipinski definition) is 7. The van der Waals surface area contributed by atoms with Gasteiger partial charge in [0.2, 0.25) is 5.28 Å². The fourth-order valence-corrected chi connectivity index (χ4v) is 2.52. The quantitative estimate of drug-likeness (QED) is 0.822. The smallest absolute Gasteiger partial charge is 0.246 e. The summed E-state index contributed by atoms with van der Waals surface area (Å²) < 4.78 is 26.5. The summed E-state index contributed by atoms with van der Waals surface area (Å²) in [5.74, 6) is -0.0843. The molecule has 0 aliphatic carbocycles.